The smallest absolute Gasteiger partial charge is 0.0598 e. The summed E-state index contributed by atoms with van der Waals surface area (Å²) in [7, 11) is 0. The average Bonchev–Trinajstić information content (AvgIpc) is 2.63. The van der Waals surface area contributed by atoms with E-state index < -0.39 is 0 Å². The second kappa shape index (κ2) is 4.08. The van der Waals surface area contributed by atoms with Crippen LogP contribution in [0.1, 0.15) is 11.1 Å². The van der Waals surface area contributed by atoms with Crippen molar-refractivity contribution >= 4 is 54.5 Å². The van der Waals surface area contributed by atoms with E-state index in [9.17, 15) is 0 Å². The molecule has 0 aliphatic heterocycles. The lowest BCUT2D eigenvalue weighted by molar-refractivity contribution is 1.50. The van der Waals surface area contributed by atoms with E-state index in [1.807, 2.05) is 0 Å². The molecule has 0 unspecified atom stereocenters. The van der Waals surface area contributed by atoms with Gasteiger partial charge in [0.2, 0.25) is 0 Å². The highest BCUT2D eigenvalue weighted by molar-refractivity contribution is 9.11. The second-order valence-corrected chi connectivity index (χ2v) is 6.47. The molecule has 2 heterocycles. The molecule has 0 saturated carbocycles. The highest BCUT2D eigenvalue weighted by Gasteiger charge is 2.14. The number of halogens is 2. The van der Waals surface area contributed by atoms with Crippen LogP contribution in [-0.4, -0.2) is 0 Å². The fourth-order valence-corrected chi connectivity index (χ4v) is 4.98. The Morgan fingerprint density at radius 1 is 0.857 bits per heavy atom. The van der Waals surface area contributed by atoms with Crippen molar-refractivity contribution in [2.75, 3.05) is 0 Å². The standard InChI is InChI=1S/C10H8Br2S2/c1-5-3-13-9(7(5)11)10-8(12)6(2)4-14-10/h3-4H,1-2H3. The minimum absolute atomic E-state index is 1.23. The lowest BCUT2D eigenvalue weighted by Crippen LogP contribution is -1.71. The monoisotopic (exact) mass is 350 g/mol. The summed E-state index contributed by atoms with van der Waals surface area (Å²) in [6.07, 6.45) is 0. The van der Waals surface area contributed by atoms with Crippen molar-refractivity contribution in [3.05, 3.63) is 30.8 Å². The van der Waals surface area contributed by atoms with Crippen molar-refractivity contribution in [2.24, 2.45) is 0 Å². The van der Waals surface area contributed by atoms with Gasteiger partial charge in [-0.1, -0.05) is 0 Å². The molecule has 0 amide bonds. The third-order valence-corrected chi connectivity index (χ3v) is 6.93. The Labute approximate surface area is 108 Å². The number of thiophene rings is 2. The molecular weight excluding hydrogens is 344 g/mol. The molecule has 74 valence electrons. The van der Waals surface area contributed by atoms with Crippen LogP contribution in [0.4, 0.5) is 0 Å². The molecule has 0 aliphatic rings. The van der Waals surface area contributed by atoms with Gasteiger partial charge in [0.1, 0.15) is 0 Å². The third-order valence-electron chi connectivity index (χ3n) is 2.00. The van der Waals surface area contributed by atoms with Crippen LogP contribution in [0.3, 0.4) is 0 Å². The molecule has 0 fully saturated rings. The van der Waals surface area contributed by atoms with E-state index >= 15 is 0 Å². The molecule has 0 radical (unpaired) electrons. The number of hydrogen-bond donors (Lipinski definition) is 0. The second-order valence-electron chi connectivity index (χ2n) is 3.12. The van der Waals surface area contributed by atoms with Crippen LogP contribution >= 0.6 is 54.5 Å². The van der Waals surface area contributed by atoms with Gasteiger partial charge in [-0.2, -0.15) is 0 Å². The predicted octanol–water partition coefficient (Wildman–Crippen LogP) is 5.62. The third kappa shape index (κ3) is 1.73. The molecular formula is C10H8Br2S2. The summed E-state index contributed by atoms with van der Waals surface area (Å²) in [5, 5.41) is 4.36. The van der Waals surface area contributed by atoms with Crippen molar-refractivity contribution < 1.29 is 0 Å². The Hall–Kier alpha value is 0.360. The van der Waals surface area contributed by atoms with Gasteiger partial charge in [0.05, 0.1) is 9.75 Å². The predicted molar refractivity (Wildman–Crippen MR) is 72.5 cm³/mol. The minimum atomic E-state index is 1.23. The summed E-state index contributed by atoms with van der Waals surface area (Å²) in [6.45, 7) is 4.25. The van der Waals surface area contributed by atoms with Gasteiger partial charge in [-0.05, 0) is 67.6 Å². The fourth-order valence-electron chi connectivity index (χ4n) is 1.17. The van der Waals surface area contributed by atoms with Gasteiger partial charge in [-0.15, -0.1) is 22.7 Å². The lowest BCUT2D eigenvalue weighted by Gasteiger charge is -1.96. The van der Waals surface area contributed by atoms with E-state index in [-0.39, 0.29) is 0 Å². The highest BCUT2D eigenvalue weighted by atomic mass is 79.9. The summed E-state index contributed by atoms with van der Waals surface area (Å²) >= 11 is 10.8. The van der Waals surface area contributed by atoms with Gasteiger partial charge in [-0.3, -0.25) is 0 Å². The summed E-state index contributed by atoms with van der Waals surface area (Å²) in [4.78, 5) is 2.65. The van der Waals surface area contributed by atoms with Gasteiger partial charge >= 0.3 is 0 Å². The Morgan fingerprint density at radius 3 is 1.43 bits per heavy atom. The topological polar surface area (TPSA) is 0 Å². The zero-order valence-electron chi connectivity index (χ0n) is 7.73. The van der Waals surface area contributed by atoms with E-state index in [4.69, 9.17) is 0 Å². The fraction of sp³-hybridized carbons (Fsp3) is 0.200. The average molecular weight is 352 g/mol. The maximum Gasteiger partial charge on any atom is 0.0598 e. The van der Waals surface area contributed by atoms with Crippen molar-refractivity contribution in [2.45, 2.75) is 13.8 Å². The molecule has 14 heavy (non-hydrogen) atoms. The van der Waals surface area contributed by atoms with Crippen LogP contribution in [0.2, 0.25) is 0 Å². The van der Waals surface area contributed by atoms with Gasteiger partial charge in [0.15, 0.2) is 0 Å². The van der Waals surface area contributed by atoms with Crippen molar-refractivity contribution in [1.29, 1.82) is 0 Å². The van der Waals surface area contributed by atoms with E-state index in [0.29, 0.717) is 0 Å². The SMILES string of the molecule is Cc1csc(-c2scc(C)c2Br)c1Br. The van der Waals surface area contributed by atoms with Crippen molar-refractivity contribution in [1.82, 2.24) is 0 Å². The van der Waals surface area contributed by atoms with Crippen LogP contribution in [0, 0.1) is 13.8 Å². The van der Waals surface area contributed by atoms with E-state index in [1.54, 1.807) is 22.7 Å². The Bertz CT molecular complexity index is 424. The molecule has 0 spiro atoms. The van der Waals surface area contributed by atoms with Crippen LogP contribution in [0.5, 0.6) is 0 Å². The molecule has 2 aromatic rings. The molecule has 0 nitrogen and oxygen atoms in total. The molecule has 0 aliphatic carbocycles. The van der Waals surface area contributed by atoms with Crippen molar-refractivity contribution in [3.8, 4) is 9.75 Å². The van der Waals surface area contributed by atoms with Gasteiger partial charge in [0.25, 0.3) is 0 Å². The first-order valence-electron chi connectivity index (χ1n) is 4.08. The first-order chi connectivity index (χ1) is 6.61. The van der Waals surface area contributed by atoms with Gasteiger partial charge in [-0.25, -0.2) is 0 Å². The zero-order chi connectivity index (χ0) is 10.3. The molecule has 2 rings (SSSR count). The van der Waals surface area contributed by atoms with E-state index in [2.05, 4.69) is 56.5 Å². The Kier molecular flexibility index (Phi) is 3.17. The molecule has 0 bridgehead atoms. The molecule has 0 aromatic carbocycles. The number of rotatable bonds is 1. The van der Waals surface area contributed by atoms with Gasteiger partial charge < -0.3 is 0 Å². The summed E-state index contributed by atoms with van der Waals surface area (Å²) in [5.41, 5.74) is 2.62. The van der Waals surface area contributed by atoms with Gasteiger partial charge in [0, 0.05) is 8.95 Å². The summed E-state index contributed by atoms with van der Waals surface area (Å²) < 4.78 is 2.45. The van der Waals surface area contributed by atoms with E-state index in [1.165, 1.54) is 29.8 Å². The minimum Gasteiger partial charge on any atom is -0.141 e. The van der Waals surface area contributed by atoms with Crippen LogP contribution in [-0.2, 0) is 0 Å². The molecule has 0 saturated heterocycles. The number of hydrogen-bond acceptors (Lipinski definition) is 2. The quantitative estimate of drug-likeness (QED) is 0.625. The largest absolute Gasteiger partial charge is 0.141 e. The molecule has 0 atom stereocenters. The Morgan fingerprint density at radius 2 is 1.21 bits per heavy atom. The lowest BCUT2D eigenvalue weighted by atomic mass is 10.3. The van der Waals surface area contributed by atoms with E-state index in [0.717, 1.165) is 0 Å². The van der Waals surface area contributed by atoms with Crippen LogP contribution in [0.25, 0.3) is 9.75 Å². The van der Waals surface area contributed by atoms with Crippen molar-refractivity contribution in [3.63, 3.8) is 0 Å². The molecule has 0 N–H and O–H groups in total. The highest BCUT2D eigenvalue weighted by Crippen LogP contribution is 2.44. The molecule has 4 heteroatoms. The first kappa shape index (κ1) is 10.9. The van der Waals surface area contributed by atoms with Crippen LogP contribution < -0.4 is 0 Å². The van der Waals surface area contributed by atoms with Crippen LogP contribution in [0.15, 0.2) is 19.7 Å². The molecule has 2 aromatic heterocycles. The maximum absolute atomic E-state index is 3.63. The summed E-state index contributed by atoms with van der Waals surface area (Å²) in [5.74, 6) is 0. The summed E-state index contributed by atoms with van der Waals surface area (Å²) in [6, 6.07) is 0. The first-order valence-corrected chi connectivity index (χ1v) is 7.43. The number of aryl methyl sites for hydroxylation is 2. The Balaban J connectivity index is 2.60. The normalized spacial score (nSPS) is 10.9. The maximum atomic E-state index is 3.63. The zero-order valence-corrected chi connectivity index (χ0v) is 12.5.